The first kappa shape index (κ1) is 21.5. The number of carbonyl (C=O) groups is 1. The molecule has 1 aliphatic carbocycles. The molecule has 1 aromatic heterocycles. The van der Waals surface area contributed by atoms with Crippen LogP contribution in [0.25, 0.3) is 0 Å². The number of anilines is 2. The maximum Gasteiger partial charge on any atom is 0.409 e. The number of rotatable bonds is 5. The monoisotopic (exact) mass is 442 g/mol. The molecule has 9 nitrogen and oxygen atoms in total. The third kappa shape index (κ3) is 4.04. The lowest BCUT2D eigenvalue weighted by Crippen LogP contribution is -2.58. The van der Waals surface area contributed by atoms with Gasteiger partial charge in [0.1, 0.15) is 6.23 Å². The molecule has 3 fully saturated rings. The zero-order valence-electron chi connectivity index (χ0n) is 19.1. The van der Waals surface area contributed by atoms with E-state index < -0.39 is 0 Å². The van der Waals surface area contributed by atoms with Gasteiger partial charge in [0.15, 0.2) is 5.82 Å². The molecule has 2 unspecified atom stereocenters. The number of hydrazine groups is 1. The van der Waals surface area contributed by atoms with Crippen LogP contribution >= 0.6 is 0 Å². The van der Waals surface area contributed by atoms with Crippen molar-refractivity contribution in [1.82, 2.24) is 20.2 Å². The molecule has 32 heavy (non-hydrogen) atoms. The molecule has 4 heterocycles. The summed E-state index contributed by atoms with van der Waals surface area (Å²) in [5.41, 5.74) is 4.68. The highest BCUT2D eigenvalue weighted by atomic mass is 16.6. The van der Waals surface area contributed by atoms with Gasteiger partial charge in [0.05, 0.1) is 12.3 Å². The predicted molar refractivity (Wildman–Crippen MR) is 122 cm³/mol. The lowest BCUT2D eigenvalue weighted by atomic mass is 9.78. The molecular weight excluding hydrogens is 408 g/mol. The molecule has 174 valence electrons. The minimum Gasteiger partial charge on any atom is -0.450 e. The van der Waals surface area contributed by atoms with E-state index in [4.69, 9.17) is 14.5 Å². The molecule has 2 atom stereocenters. The fourth-order valence-corrected chi connectivity index (χ4v) is 5.67. The van der Waals surface area contributed by atoms with Gasteiger partial charge in [-0.3, -0.25) is 9.91 Å². The fourth-order valence-electron chi connectivity index (χ4n) is 5.67. The normalized spacial score (nSPS) is 27.2. The molecule has 1 spiro atoms. The van der Waals surface area contributed by atoms with E-state index in [1.165, 1.54) is 19.3 Å². The van der Waals surface area contributed by atoms with Crippen LogP contribution in [0.5, 0.6) is 0 Å². The molecule has 1 aromatic rings. The molecule has 0 radical (unpaired) electrons. The highest BCUT2D eigenvalue weighted by molar-refractivity contribution is 5.69. The molecule has 1 N–H and O–H groups in total. The van der Waals surface area contributed by atoms with E-state index in [1.807, 2.05) is 41.4 Å². The molecular formula is C23H34N6O3. The van der Waals surface area contributed by atoms with Gasteiger partial charge in [-0.05, 0) is 44.4 Å². The molecule has 2 saturated heterocycles. The Morgan fingerprint density at radius 2 is 2.09 bits per heavy atom. The largest absolute Gasteiger partial charge is 0.450 e. The zero-order valence-corrected chi connectivity index (χ0v) is 19.1. The van der Waals surface area contributed by atoms with E-state index >= 15 is 0 Å². The lowest BCUT2D eigenvalue weighted by molar-refractivity contribution is -0.00294. The maximum atomic E-state index is 11.9. The van der Waals surface area contributed by atoms with Crippen molar-refractivity contribution in [2.24, 2.45) is 5.41 Å². The van der Waals surface area contributed by atoms with E-state index in [9.17, 15) is 4.79 Å². The number of amides is 1. The maximum absolute atomic E-state index is 11.9. The third-order valence-corrected chi connectivity index (χ3v) is 7.34. The molecule has 3 aliphatic heterocycles. The molecule has 5 rings (SSSR count). The zero-order chi connectivity index (χ0) is 22.1. The van der Waals surface area contributed by atoms with Crippen LogP contribution < -0.4 is 15.3 Å². The van der Waals surface area contributed by atoms with Gasteiger partial charge in [0.25, 0.3) is 0 Å². The summed E-state index contributed by atoms with van der Waals surface area (Å²) in [5, 5.41) is 2.00. The molecule has 4 aliphatic rings. The summed E-state index contributed by atoms with van der Waals surface area (Å²) < 4.78 is 10.5. The quantitative estimate of drug-likeness (QED) is 0.743. The summed E-state index contributed by atoms with van der Waals surface area (Å²) in [6.45, 7) is 8.05. The van der Waals surface area contributed by atoms with E-state index in [0.717, 1.165) is 50.8 Å². The summed E-state index contributed by atoms with van der Waals surface area (Å²) in [7, 11) is 1.69. The first-order chi connectivity index (χ1) is 15.6. The van der Waals surface area contributed by atoms with Gasteiger partial charge in [-0.15, -0.1) is 0 Å². The van der Waals surface area contributed by atoms with Crippen molar-refractivity contribution in [1.29, 1.82) is 0 Å². The number of methoxy groups -OCH3 is 1. The summed E-state index contributed by atoms with van der Waals surface area (Å²) in [4.78, 5) is 23.5. The summed E-state index contributed by atoms with van der Waals surface area (Å²) in [5.74, 6) is 1.01. The number of ether oxygens (including phenoxy) is 2. The van der Waals surface area contributed by atoms with E-state index in [2.05, 4.69) is 21.3 Å². The average molecular weight is 443 g/mol. The van der Waals surface area contributed by atoms with Crippen molar-refractivity contribution >= 4 is 17.6 Å². The Kier molecular flexibility index (Phi) is 5.96. The van der Waals surface area contributed by atoms with E-state index in [1.54, 1.807) is 7.11 Å². The number of likely N-dealkylation sites (tertiary alicyclic amines) is 1. The van der Waals surface area contributed by atoms with Gasteiger partial charge in [-0.2, -0.15) is 5.43 Å². The van der Waals surface area contributed by atoms with Crippen LogP contribution in [0.2, 0.25) is 0 Å². The second-order valence-electron chi connectivity index (χ2n) is 9.32. The summed E-state index contributed by atoms with van der Waals surface area (Å²) in [6.07, 6.45) is 9.23. The van der Waals surface area contributed by atoms with Crippen LogP contribution in [0, 0.1) is 5.41 Å². The Morgan fingerprint density at radius 1 is 1.28 bits per heavy atom. The Bertz CT molecular complexity index is 850. The third-order valence-electron chi connectivity index (χ3n) is 7.34. The Balaban J connectivity index is 1.15. The van der Waals surface area contributed by atoms with Crippen molar-refractivity contribution in [3.63, 3.8) is 0 Å². The number of pyridine rings is 1. The van der Waals surface area contributed by atoms with Crippen LogP contribution in [0.1, 0.15) is 26.2 Å². The first-order valence-corrected chi connectivity index (χ1v) is 11.7. The van der Waals surface area contributed by atoms with Gasteiger partial charge < -0.3 is 19.3 Å². The number of piperazine rings is 1. The van der Waals surface area contributed by atoms with Crippen molar-refractivity contribution in [3.8, 4) is 0 Å². The second-order valence-corrected chi connectivity index (χ2v) is 9.32. The van der Waals surface area contributed by atoms with Crippen LogP contribution in [0.4, 0.5) is 16.3 Å². The van der Waals surface area contributed by atoms with Crippen LogP contribution in [-0.2, 0) is 9.47 Å². The molecule has 1 amide bonds. The number of nitrogens with one attached hydrogen (secondary N) is 1. The minimum absolute atomic E-state index is 0.110. The standard InChI is InChI=1S/C23H34N6O3/c1-3-32-22(30)28-16-23(17-28)8-6-18(15-23)26-11-13-27(14-12-26)21-19(5-4-9-24-21)29-10-7-20(25-29)31-2/h4-5,7,9-10,18,20,25H,3,6,8,11-17H2,1-2H3. The predicted octanol–water partition coefficient (Wildman–Crippen LogP) is 2.03. The molecule has 1 saturated carbocycles. The number of nitrogens with zero attached hydrogens (tertiary/aromatic N) is 5. The van der Waals surface area contributed by atoms with Crippen molar-refractivity contribution in [2.75, 3.05) is 62.9 Å². The molecule has 0 aromatic carbocycles. The van der Waals surface area contributed by atoms with Crippen LogP contribution in [0.15, 0.2) is 30.6 Å². The van der Waals surface area contributed by atoms with Crippen molar-refractivity contribution < 1.29 is 14.3 Å². The van der Waals surface area contributed by atoms with Gasteiger partial charge in [-0.1, -0.05) is 0 Å². The smallest absolute Gasteiger partial charge is 0.409 e. The van der Waals surface area contributed by atoms with E-state index in [0.29, 0.717) is 18.1 Å². The Hall–Kier alpha value is -2.36. The molecule has 9 heteroatoms. The first-order valence-electron chi connectivity index (χ1n) is 11.7. The minimum atomic E-state index is -0.152. The van der Waals surface area contributed by atoms with Gasteiger partial charge >= 0.3 is 6.09 Å². The van der Waals surface area contributed by atoms with Crippen LogP contribution in [-0.4, -0.2) is 86.1 Å². The molecule has 0 bridgehead atoms. The van der Waals surface area contributed by atoms with Crippen molar-refractivity contribution in [2.45, 2.75) is 38.5 Å². The van der Waals surface area contributed by atoms with Gasteiger partial charge in [-0.25, -0.2) is 9.78 Å². The number of aromatic nitrogens is 1. The van der Waals surface area contributed by atoms with E-state index in [-0.39, 0.29) is 12.3 Å². The highest BCUT2D eigenvalue weighted by Gasteiger charge is 2.51. The average Bonchev–Trinajstić information content (AvgIpc) is 3.46. The number of carbonyl (C=O) groups excluding carboxylic acids is 1. The van der Waals surface area contributed by atoms with Crippen molar-refractivity contribution in [3.05, 3.63) is 30.6 Å². The fraction of sp³-hybridized carbons (Fsp3) is 0.652. The van der Waals surface area contributed by atoms with Gasteiger partial charge in [0, 0.05) is 70.2 Å². The number of hydrogen-bond acceptors (Lipinski definition) is 8. The topological polar surface area (TPSA) is 73.4 Å². The summed E-state index contributed by atoms with van der Waals surface area (Å²) >= 11 is 0. The Morgan fingerprint density at radius 3 is 2.81 bits per heavy atom. The Labute approximate surface area is 189 Å². The number of hydrogen-bond donors (Lipinski definition) is 1. The second kappa shape index (κ2) is 8.88. The van der Waals surface area contributed by atoms with Gasteiger partial charge in [0.2, 0.25) is 0 Å². The SMILES string of the molecule is CCOC(=O)N1CC2(CCC(N3CCN(c4ncccc4N4C=CC(OC)N4)CC3)C2)C1. The highest BCUT2D eigenvalue weighted by Crippen LogP contribution is 2.47. The lowest BCUT2D eigenvalue weighted by Gasteiger charge is -2.48. The summed E-state index contributed by atoms with van der Waals surface area (Å²) in [6, 6.07) is 4.69. The van der Waals surface area contributed by atoms with Crippen LogP contribution in [0.3, 0.4) is 0 Å².